The molecule has 2 aromatic rings. The lowest BCUT2D eigenvalue weighted by atomic mass is 9.81. The summed E-state index contributed by atoms with van der Waals surface area (Å²) in [6, 6.07) is 3.70. The summed E-state index contributed by atoms with van der Waals surface area (Å²) in [5, 5.41) is 0.822. The molecular formula is C14H15F3N2OS. The van der Waals surface area contributed by atoms with Gasteiger partial charge in [0, 0.05) is 25.2 Å². The lowest BCUT2D eigenvalue weighted by molar-refractivity contribution is -0.137. The number of benzene rings is 1. The molecule has 0 aliphatic carbocycles. The van der Waals surface area contributed by atoms with Crippen molar-refractivity contribution in [1.82, 2.24) is 4.98 Å². The van der Waals surface area contributed by atoms with E-state index in [4.69, 9.17) is 10.5 Å². The van der Waals surface area contributed by atoms with E-state index in [-0.39, 0.29) is 5.41 Å². The van der Waals surface area contributed by atoms with E-state index < -0.39 is 11.7 Å². The van der Waals surface area contributed by atoms with E-state index >= 15 is 0 Å². The summed E-state index contributed by atoms with van der Waals surface area (Å²) >= 11 is 1.43. The molecule has 1 fully saturated rings. The van der Waals surface area contributed by atoms with Crippen molar-refractivity contribution in [3.8, 4) is 0 Å². The van der Waals surface area contributed by atoms with Gasteiger partial charge in [0.2, 0.25) is 0 Å². The van der Waals surface area contributed by atoms with E-state index in [1.54, 1.807) is 0 Å². The number of nitrogens with two attached hydrogens (primary N) is 1. The highest BCUT2D eigenvalue weighted by Gasteiger charge is 2.37. The maximum absolute atomic E-state index is 12.8. The Hall–Kier alpha value is -1.18. The van der Waals surface area contributed by atoms with Crippen LogP contribution in [-0.4, -0.2) is 24.7 Å². The number of aromatic nitrogens is 1. The molecule has 7 heteroatoms. The molecular weight excluding hydrogens is 301 g/mol. The second-order valence-electron chi connectivity index (χ2n) is 5.30. The second-order valence-corrected chi connectivity index (χ2v) is 6.33. The number of thiazole rings is 1. The summed E-state index contributed by atoms with van der Waals surface area (Å²) in [6.45, 7) is 1.66. The van der Waals surface area contributed by atoms with Gasteiger partial charge < -0.3 is 10.5 Å². The minimum Gasteiger partial charge on any atom is -0.381 e. The molecule has 1 aliphatic heterocycles. The fraction of sp³-hybridized carbons (Fsp3) is 0.500. The zero-order valence-electron chi connectivity index (χ0n) is 11.2. The topological polar surface area (TPSA) is 48.1 Å². The molecule has 0 spiro atoms. The summed E-state index contributed by atoms with van der Waals surface area (Å²) < 4.78 is 44.4. The van der Waals surface area contributed by atoms with Gasteiger partial charge in [-0.25, -0.2) is 4.98 Å². The van der Waals surface area contributed by atoms with Crippen LogP contribution in [0.4, 0.5) is 13.2 Å². The summed E-state index contributed by atoms with van der Waals surface area (Å²) in [5.74, 6) is 0. The Morgan fingerprint density at radius 3 is 2.62 bits per heavy atom. The maximum Gasteiger partial charge on any atom is 0.416 e. The quantitative estimate of drug-likeness (QED) is 0.924. The van der Waals surface area contributed by atoms with Crippen molar-refractivity contribution in [3.05, 3.63) is 28.8 Å². The molecule has 1 saturated heterocycles. The number of alkyl halides is 3. The van der Waals surface area contributed by atoms with Crippen LogP contribution in [0, 0.1) is 0 Å². The van der Waals surface area contributed by atoms with E-state index in [0.717, 1.165) is 34.7 Å². The molecule has 0 amide bonds. The van der Waals surface area contributed by atoms with E-state index in [0.29, 0.717) is 25.3 Å². The molecule has 0 atom stereocenters. The zero-order valence-corrected chi connectivity index (χ0v) is 12.1. The molecule has 2 heterocycles. The van der Waals surface area contributed by atoms with Gasteiger partial charge in [0.1, 0.15) is 5.01 Å². The van der Waals surface area contributed by atoms with Crippen LogP contribution in [-0.2, 0) is 16.3 Å². The number of hydrogen-bond donors (Lipinski definition) is 1. The van der Waals surface area contributed by atoms with Crippen molar-refractivity contribution in [2.75, 3.05) is 19.8 Å². The van der Waals surface area contributed by atoms with Crippen molar-refractivity contribution >= 4 is 21.6 Å². The first-order chi connectivity index (χ1) is 9.94. The highest BCUT2D eigenvalue weighted by Crippen LogP contribution is 2.39. The van der Waals surface area contributed by atoms with E-state index in [1.165, 1.54) is 17.4 Å². The molecule has 114 valence electrons. The van der Waals surface area contributed by atoms with Crippen molar-refractivity contribution in [1.29, 1.82) is 0 Å². The first-order valence-electron chi connectivity index (χ1n) is 6.71. The molecule has 1 aromatic carbocycles. The molecule has 1 aromatic heterocycles. The summed E-state index contributed by atoms with van der Waals surface area (Å²) in [4.78, 5) is 4.44. The van der Waals surface area contributed by atoms with Crippen molar-refractivity contribution in [3.63, 3.8) is 0 Å². The Kier molecular flexibility index (Phi) is 3.67. The van der Waals surface area contributed by atoms with Gasteiger partial charge >= 0.3 is 6.18 Å². The number of rotatable bonds is 2. The Morgan fingerprint density at radius 2 is 2.00 bits per heavy atom. The number of nitrogens with zero attached hydrogens (tertiary/aromatic N) is 1. The average Bonchev–Trinajstić information content (AvgIpc) is 2.90. The van der Waals surface area contributed by atoms with E-state index in [2.05, 4.69) is 4.98 Å². The minimum atomic E-state index is -4.35. The molecule has 1 aliphatic rings. The standard InChI is InChI=1S/C14H15F3N2OS/c15-14(16,17)9-1-2-11-10(7-9)19-12(21-11)13(8-18)3-5-20-6-4-13/h1-2,7H,3-6,8,18H2. The SMILES string of the molecule is NCC1(c2nc3cc(C(F)(F)F)ccc3s2)CCOCC1. The predicted molar refractivity (Wildman–Crippen MR) is 75.4 cm³/mol. The molecule has 3 rings (SSSR count). The third-order valence-electron chi connectivity index (χ3n) is 4.01. The first-order valence-corrected chi connectivity index (χ1v) is 7.52. The molecule has 0 bridgehead atoms. The summed E-state index contributed by atoms with van der Waals surface area (Å²) in [6.07, 6.45) is -2.83. The van der Waals surface area contributed by atoms with Gasteiger partial charge in [-0.05, 0) is 31.0 Å². The van der Waals surface area contributed by atoms with Gasteiger partial charge in [-0.2, -0.15) is 13.2 Å². The Balaban J connectivity index is 2.04. The molecule has 21 heavy (non-hydrogen) atoms. The Morgan fingerprint density at radius 1 is 1.29 bits per heavy atom. The van der Waals surface area contributed by atoms with Gasteiger partial charge in [-0.3, -0.25) is 0 Å². The summed E-state index contributed by atoms with van der Waals surface area (Å²) in [5.41, 5.74) is 5.39. The first kappa shape index (κ1) is 14.7. The monoisotopic (exact) mass is 316 g/mol. The second kappa shape index (κ2) is 5.23. The van der Waals surface area contributed by atoms with Gasteiger partial charge in [0.05, 0.1) is 15.8 Å². The smallest absolute Gasteiger partial charge is 0.381 e. The molecule has 0 radical (unpaired) electrons. The third-order valence-corrected chi connectivity index (χ3v) is 5.29. The highest BCUT2D eigenvalue weighted by molar-refractivity contribution is 7.18. The molecule has 0 saturated carbocycles. The lowest BCUT2D eigenvalue weighted by Crippen LogP contribution is -2.40. The largest absolute Gasteiger partial charge is 0.416 e. The Labute approximate surface area is 123 Å². The number of halogens is 3. The van der Waals surface area contributed by atoms with Gasteiger partial charge in [0.25, 0.3) is 0 Å². The molecule has 3 nitrogen and oxygen atoms in total. The Bertz CT molecular complexity index is 647. The fourth-order valence-electron chi connectivity index (χ4n) is 2.60. The van der Waals surface area contributed by atoms with Gasteiger partial charge in [-0.15, -0.1) is 11.3 Å². The predicted octanol–water partition coefficient (Wildman–Crippen LogP) is 3.32. The number of hydrogen-bond acceptors (Lipinski definition) is 4. The molecule has 0 unspecified atom stereocenters. The highest BCUT2D eigenvalue weighted by atomic mass is 32.1. The normalized spacial score (nSPS) is 19.0. The van der Waals surface area contributed by atoms with Crippen LogP contribution in [0.2, 0.25) is 0 Å². The lowest BCUT2D eigenvalue weighted by Gasteiger charge is -2.34. The zero-order chi connectivity index (χ0) is 15.1. The van der Waals surface area contributed by atoms with Crippen LogP contribution in [0.15, 0.2) is 18.2 Å². The third kappa shape index (κ3) is 2.65. The minimum absolute atomic E-state index is 0.264. The van der Waals surface area contributed by atoms with Crippen LogP contribution in [0.5, 0.6) is 0 Å². The van der Waals surface area contributed by atoms with Crippen LogP contribution in [0.25, 0.3) is 10.2 Å². The van der Waals surface area contributed by atoms with Crippen LogP contribution < -0.4 is 5.73 Å². The van der Waals surface area contributed by atoms with Gasteiger partial charge in [-0.1, -0.05) is 0 Å². The fourth-order valence-corrected chi connectivity index (χ4v) is 3.80. The van der Waals surface area contributed by atoms with Crippen LogP contribution in [0.1, 0.15) is 23.4 Å². The van der Waals surface area contributed by atoms with Gasteiger partial charge in [0.15, 0.2) is 0 Å². The summed E-state index contributed by atoms with van der Waals surface area (Å²) in [7, 11) is 0. The van der Waals surface area contributed by atoms with Crippen LogP contribution in [0.3, 0.4) is 0 Å². The number of fused-ring (bicyclic) bond motifs is 1. The van der Waals surface area contributed by atoms with E-state index in [1.807, 2.05) is 0 Å². The average molecular weight is 316 g/mol. The molecule has 2 N–H and O–H groups in total. The van der Waals surface area contributed by atoms with Crippen molar-refractivity contribution in [2.45, 2.75) is 24.4 Å². The van der Waals surface area contributed by atoms with E-state index in [9.17, 15) is 13.2 Å². The number of ether oxygens (including phenoxy) is 1. The van der Waals surface area contributed by atoms with Crippen LogP contribution >= 0.6 is 11.3 Å². The van der Waals surface area contributed by atoms with Crippen molar-refractivity contribution in [2.24, 2.45) is 5.73 Å². The van der Waals surface area contributed by atoms with Crippen molar-refractivity contribution < 1.29 is 17.9 Å². The maximum atomic E-state index is 12.8.